The zero-order chi connectivity index (χ0) is 22.8. The fourth-order valence-corrected chi connectivity index (χ4v) is 3.68. The summed E-state index contributed by atoms with van der Waals surface area (Å²) in [6.45, 7) is 8.12. The van der Waals surface area contributed by atoms with Gasteiger partial charge in [0.05, 0.1) is 18.2 Å². The van der Waals surface area contributed by atoms with Crippen LogP contribution in [-0.4, -0.2) is 62.5 Å². The highest BCUT2D eigenvalue weighted by atomic mass is 16.6. The summed E-state index contributed by atoms with van der Waals surface area (Å²) in [5, 5.41) is 9.77. The zero-order valence-corrected chi connectivity index (χ0v) is 19.5. The molecule has 0 atom stereocenters. The van der Waals surface area contributed by atoms with Crippen LogP contribution in [0.25, 0.3) is 16.7 Å². The quantitative estimate of drug-likeness (QED) is 0.312. The number of hydrogen-bond acceptors (Lipinski definition) is 7. The maximum absolute atomic E-state index is 5.55. The molecule has 1 aromatic carbocycles. The number of oxime groups is 1. The normalized spacial score (nSPS) is 12.3. The predicted molar refractivity (Wildman–Crippen MR) is 124 cm³/mol. The SMILES string of the molecule is COc1ccc(/C(C)=N\OCc2nc3c4c(C)c(C)n(CCN(C)C)c4ncn3n2)cc1. The van der Waals surface area contributed by atoms with Gasteiger partial charge in [0, 0.05) is 18.8 Å². The third-order valence-electron chi connectivity index (χ3n) is 5.66. The maximum Gasteiger partial charge on any atom is 0.192 e. The Labute approximate surface area is 187 Å². The molecule has 0 spiro atoms. The Balaban J connectivity index is 1.56. The summed E-state index contributed by atoms with van der Waals surface area (Å²) in [6, 6.07) is 7.67. The topological polar surface area (TPSA) is 82.1 Å². The number of benzene rings is 1. The molecule has 0 aliphatic carbocycles. The van der Waals surface area contributed by atoms with Crippen LogP contribution in [0.1, 0.15) is 29.6 Å². The third-order valence-corrected chi connectivity index (χ3v) is 5.66. The van der Waals surface area contributed by atoms with Crippen molar-refractivity contribution in [2.75, 3.05) is 27.7 Å². The Hall–Kier alpha value is -3.46. The van der Waals surface area contributed by atoms with Gasteiger partial charge in [-0.1, -0.05) is 5.16 Å². The van der Waals surface area contributed by atoms with Gasteiger partial charge in [0.2, 0.25) is 0 Å². The van der Waals surface area contributed by atoms with Crippen LogP contribution in [0.3, 0.4) is 0 Å². The Morgan fingerprint density at radius 3 is 2.56 bits per heavy atom. The Morgan fingerprint density at radius 1 is 1.12 bits per heavy atom. The number of ether oxygens (including phenoxy) is 1. The van der Waals surface area contributed by atoms with Gasteiger partial charge in [0.15, 0.2) is 18.1 Å². The number of nitrogens with zero attached hydrogens (tertiary/aromatic N) is 7. The molecule has 0 radical (unpaired) electrons. The molecule has 0 bridgehead atoms. The van der Waals surface area contributed by atoms with Gasteiger partial charge in [-0.25, -0.2) is 14.5 Å². The van der Waals surface area contributed by atoms with Gasteiger partial charge >= 0.3 is 0 Å². The fourth-order valence-electron chi connectivity index (χ4n) is 3.68. The van der Waals surface area contributed by atoms with Gasteiger partial charge in [-0.05, 0) is 70.3 Å². The monoisotopic (exact) mass is 435 g/mol. The largest absolute Gasteiger partial charge is 0.497 e. The minimum Gasteiger partial charge on any atom is -0.497 e. The molecular weight excluding hydrogens is 406 g/mol. The lowest BCUT2D eigenvalue weighted by Crippen LogP contribution is -2.19. The van der Waals surface area contributed by atoms with Crippen molar-refractivity contribution >= 4 is 22.4 Å². The standard InChI is InChI=1S/C23H29N7O2/c1-15-17(3)29(12-11-28(4)5)22-21(15)23-25-20(26-30(23)14-24-22)13-32-27-16(2)18-7-9-19(31-6)10-8-18/h7-10,14H,11-13H2,1-6H3/b27-16-. The molecule has 4 rings (SSSR count). The lowest BCUT2D eigenvalue weighted by molar-refractivity contribution is 0.125. The van der Waals surface area contributed by atoms with E-state index in [-0.39, 0.29) is 6.61 Å². The van der Waals surface area contributed by atoms with E-state index in [4.69, 9.17) is 14.6 Å². The van der Waals surface area contributed by atoms with Crippen LogP contribution in [0, 0.1) is 13.8 Å². The van der Waals surface area contributed by atoms with Crippen molar-refractivity contribution < 1.29 is 9.57 Å². The number of methoxy groups -OCH3 is 1. The minimum atomic E-state index is 0.177. The van der Waals surface area contributed by atoms with Gasteiger partial charge in [0.25, 0.3) is 0 Å². The molecule has 32 heavy (non-hydrogen) atoms. The summed E-state index contributed by atoms with van der Waals surface area (Å²) in [6.07, 6.45) is 1.71. The first-order valence-corrected chi connectivity index (χ1v) is 10.5. The molecule has 168 valence electrons. The molecule has 3 heterocycles. The summed E-state index contributed by atoms with van der Waals surface area (Å²) in [5.74, 6) is 1.36. The van der Waals surface area contributed by atoms with E-state index < -0.39 is 0 Å². The first-order valence-electron chi connectivity index (χ1n) is 10.5. The molecule has 0 amide bonds. The lowest BCUT2D eigenvalue weighted by atomic mass is 10.1. The summed E-state index contributed by atoms with van der Waals surface area (Å²) < 4.78 is 9.15. The van der Waals surface area contributed by atoms with Gasteiger partial charge in [-0.2, -0.15) is 0 Å². The lowest BCUT2D eigenvalue weighted by Gasteiger charge is -2.12. The summed E-state index contributed by atoms with van der Waals surface area (Å²) in [7, 11) is 5.79. The van der Waals surface area contributed by atoms with Crippen molar-refractivity contribution in [3.05, 3.63) is 53.2 Å². The molecule has 0 saturated carbocycles. The molecule has 9 nitrogen and oxygen atoms in total. The molecule has 0 N–H and O–H groups in total. The molecule has 4 aromatic rings. The van der Waals surface area contributed by atoms with Crippen molar-refractivity contribution in [1.29, 1.82) is 0 Å². The molecular formula is C23H29N7O2. The number of likely N-dealkylation sites (N-methyl/N-ethyl adjacent to an activating group) is 1. The van der Waals surface area contributed by atoms with Gasteiger partial charge in [0.1, 0.15) is 17.7 Å². The highest BCUT2D eigenvalue weighted by Gasteiger charge is 2.18. The van der Waals surface area contributed by atoms with E-state index in [1.54, 1.807) is 18.0 Å². The molecule has 0 unspecified atom stereocenters. The summed E-state index contributed by atoms with van der Waals surface area (Å²) in [4.78, 5) is 17.1. The van der Waals surface area contributed by atoms with E-state index in [1.807, 2.05) is 31.2 Å². The number of rotatable bonds is 8. The maximum atomic E-state index is 5.55. The number of fused-ring (bicyclic) bond motifs is 3. The van der Waals surface area contributed by atoms with E-state index in [0.29, 0.717) is 5.82 Å². The molecule has 0 saturated heterocycles. The second-order valence-electron chi connectivity index (χ2n) is 8.08. The molecule has 9 heteroatoms. The average molecular weight is 436 g/mol. The smallest absolute Gasteiger partial charge is 0.192 e. The van der Waals surface area contributed by atoms with E-state index in [2.05, 4.69) is 52.6 Å². The van der Waals surface area contributed by atoms with Crippen LogP contribution in [-0.2, 0) is 18.0 Å². The first-order chi connectivity index (χ1) is 15.4. The van der Waals surface area contributed by atoms with Crippen molar-refractivity contribution in [3.63, 3.8) is 0 Å². The van der Waals surface area contributed by atoms with Crippen LogP contribution in [0.4, 0.5) is 0 Å². The number of aromatic nitrogens is 5. The van der Waals surface area contributed by atoms with Crippen LogP contribution in [0.2, 0.25) is 0 Å². The van der Waals surface area contributed by atoms with Crippen LogP contribution in [0.15, 0.2) is 35.7 Å². The van der Waals surface area contributed by atoms with Crippen molar-refractivity contribution in [2.24, 2.45) is 5.16 Å². The van der Waals surface area contributed by atoms with Crippen LogP contribution < -0.4 is 4.74 Å². The van der Waals surface area contributed by atoms with Crippen LogP contribution in [0.5, 0.6) is 5.75 Å². The Bertz CT molecular complexity index is 1270. The average Bonchev–Trinajstić information content (AvgIpc) is 3.30. The molecule has 0 aliphatic rings. The number of hydrogen-bond donors (Lipinski definition) is 0. The third kappa shape index (κ3) is 4.16. The highest BCUT2D eigenvalue weighted by molar-refractivity contribution is 5.98. The summed E-state index contributed by atoms with van der Waals surface area (Å²) in [5.41, 5.74) is 5.82. The second kappa shape index (κ2) is 8.96. The first kappa shape index (κ1) is 21.8. The highest BCUT2D eigenvalue weighted by Crippen LogP contribution is 2.26. The zero-order valence-electron chi connectivity index (χ0n) is 19.5. The second-order valence-corrected chi connectivity index (χ2v) is 8.08. The van der Waals surface area contributed by atoms with Gasteiger partial charge < -0.3 is 19.0 Å². The van der Waals surface area contributed by atoms with Crippen LogP contribution >= 0.6 is 0 Å². The van der Waals surface area contributed by atoms with E-state index in [1.165, 1.54) is 11.3 Å². The minimum absolute atomic E-state index is 0.177. The van der Waals surface area contributed by atoms with E-state index in [9.17, 15) is 0 Å². The molecule has 0 fully saturated rings. The molecule has 0 aliphatic heterocycles. The van der Waals surface area contributed by atoms with E-state index >= 15 is 0 Å². The molecule has 3 aromatic heterocycles. The predicted octanol–water partition coefficient (Wildman–Crippen LogP) is 3.21. The Morgan fingerprint density at radius 2 is 1.88 bits per heavy atom. The van der Waals surface area contributed by atoms with Crippen molar-refractivity contribution in [1.82, 2.24) is 29.0 Å². The Kier molecular flexibility index (Phi) is 6.09. The fraction of sp³-hybridized carbons (Fsp3) is 0.391. The van der Waals surface area contributed by atoms with Gasteiger partial charge in [-0.3, -0.25) is 0 Å². The number of aryl methyl sites for hydroxylation is 1. The summed E-state index contributed by atoms with van der Waals surface area (Å²) >= 11 is 0. The van der Waals surface area contributed by atoms with Gasteiger partial charge in [-0.15, -0.1) is 5.10 Å². The van der Waals surface area contributed by atoms with Crippen molar-refractivity contribution in [2.45, 2.75) is 33.9 Å². The van der Waals surface area contributed by atoms with E-state index in [0.717, 1.165) is 46.8 Å². The van der Waals surface area contributed by atoms with Crippen molar-refractivity contribution in [3.8, 4) is 5.75 Å².